The lowest BCUT2D eigenvalue weighted by molar-refractivity contribution is 0.258. The van der Waals surface area contributed by atoms with Gasteiger partial charge in [0.1, 0.15) is 12.4 Å². The lowest BCUT2D eigenvalue weighted by Crippen LogP contribution is -2.00. The Labute approximate surface area is 122 Å². The Balaban J connectivity index is 2.18. The van der Waals surface area contributed by atoms with Crippen LogP contribution in [0.4, 0.5) is 0 Å². The normalized spacial score (nSPS) is 10.5. The van der Waals surface area contributed by atoms with Crippen molar-refractivity contribution in [2.24, 2.45) is 0 Å². The summed E-state index contributed by atoms with van der Waals surface area (Å²) in [6.07, 6.45) is 0. The van der Waals surface area contributed by atoms with E-state index < -0.39 is 0 Å². The van der Waals surface area contributed by atoms with E-state index >= 15 is 0 Å². The molecule has 2 aromatic rings. The van der Waals surface area contributed by atoms with Crippen molar-refractivity contribution in [2.75, 3.05) is 0 Å². The number of ether oxygens (including phenoxy) is 1. The Kier molecular flexibility index (Phi) is 4.61. The zero-order chi connectivity index (χ0) is 13.8. The second-order valence-corrected chi connectivity index (χ2v) is 5.53. The minimum Gasteiger partial charge on any atom is -0.487 e. The number of aliphatic hydroxyl groups excluding tert-OH is 1. The van der Waals surface area contributed by atoms with E-state index in [2.05, 4.69) is 48.0 Å². The summed E-state index contributed by atoms with van der Waals surface area (Å²) in [6.45, 7) is 4.63. The Morgan fingerprint density at radius 3 is 2.42 bits per heavy atom. The number of rotatable bonds is 4. The smallest absolute Gasteiger partial charge is 0.139 e. The highest BCUT2D eigenvalue weighted by Crippen LogP contribution is 2.30. The summed E-state index contributed by atoms with van der Waals surface area (Å²) in [4.78, 5) is 0. The molecule has 0 fully saturated rings. The summed E-state index contributed by atoms with van der Waals surface area (Å²) >= 11 is 3.45. The molecule has 100 valence electrons. The zero-order valence-electron chi connectivity index (χ0n) is 11.1. The SMILES string of the molecule is Cc1cc(C)cc(COc2c(Br)cccc2CO)c1. The van der Waals surface area contributed by atoms with Crippen LogP contribution in [0.5, 0.6) is 5.75 Å². The van der Waals surface area contributed by atoms with Crippen LogP contribution in [0.2, 0.25) is 0 Å². The molecule has 0 aliphatic heterocycles. The van der Waals surface area contributed by atoms with Crippen molar-refractivity contribution >= 4 is 15.9 Å². The molecule has 3 heteroatoms. The van der Waals surface area contributed by atoms with Crippen molar-refractivity contribution in [3.8, 4) is 5.75 Å². The van der Waals surface area contributed by atoms with Crippen LogP contribution >= 0.6 is 15.9 Å². The maximum atomic E-state index is 9.33. The quantitative estimate of drug-likeness (QED) is 0.917. The van der Waals surface area contributed by atoms with Gasteiger partial charge in [-0.05, 0) is 41.4 Å². The topological polar surface area (TPSA) is 29.5 Å². The first-order valence-corrected chi connectivity index (χ1v) is 6.97. The Morgan fingerprint density at radius 1 is 1.11 bits per heavy atom. The summed E-state index contributed by atoms with van der Waals surface area (Å²) in [6, 6.07) is 12.0. The minimum absolute atomic E-state index is 0.0262. The van der Waals surface area contributed by atoms with Crippen LogP contribution in [0, 0.1) is 13.8 Å². The van der Waals surface area contributed by atoms with Crippen molar-refractivity contribution in [3.05, 3.63) is 63.1 Å². The third kappa shape index (κ3) is 3.58. The Hall–Kier alpha value is -1.32. The molecule has 0 unspecified atom stereocenters. The molecule has 0 radical (unpaired) electrons. The summed E-state index contributed by atoms with van der Waals surface area (Å²) in [7, 11) is 0. The molecular weight excluding hydrogens is 304 g/mol. The summed E-state index contributed by atoms with van der Waals surface area (Å²) in [5, 5.41) is 9.33. The summed E-state index contributed by atoms with van der Waals surface area (Å²) < 4.78 is 6.71. The molecule has 2 rings (SSSR count). The fourth-order valence-electron chi connectivity index (χ4n) is 2.15. The van der Waals surface area contributed by atoms with Gasteiger partial charge in [-0.3, -0.25) is 0 Å². The number of hydrogen-bond acceptors (Lipinski definition) is 2. The molecule has 0 atom stereocenters. The molecule has 0 amide bonds. The van der Waals surface area contributed by atoms with Crippen LogP contribution in [0.15, 0.2) is 40.9 Å². The molecule has 0 aliphatic carbocycles. The van der Waals surface area contributed by atoms with Gasteiger partial charge in [0, 0.05) is 5.56 Å². The second-order valence-electron chi connectivity index (χ2n) is 4.67. The van der Waals surface area contributed by atoms with Gasteiger partial charge >= 0.3 is 0 Å². The fraction of sp³-hybridized carbons (Fsp3) is 0.250. The summed E-state index contributed by atoms with van der Waals surface area (Å²) in [5.74, 6) is 0.712. The van der Waals surface area contributed by atoms with Gasteiger partial charge in [-0.1, -0.05) is 41.5 Å². The first-order valence-electron chi connectivity index (χ1n) is 6.18. The zero-order valence-corrected chi connectivity index (χ0v) is 12.7. The highest BCUT2D eigenvalue weighted by atomic mass is 79.9. The molecule has 0 heterocycles. The van der Waals surface area contributed by atoms with Crippen molar-refractivity contribution in [2.45, 2.75) is 27.1 Å². The van der Waals surface area contributed by atoms with E-state index in [1.54, 1.807) is 0 Å². The number of hydrogen-bond donors (Lipinski definition) is 1. The van der Waals surface area contributed by atoms with E-state index in [0.717, 1.165) is 15.6 Å². The molecule has 0 aromatic heterocycles. The van der Waals surface area contributed by atoms with E-state index in [-0.39, 0.29) is 6.61 Å². The van der Waals surface area contributed by atoms with Crippen molar-refractivity contribution in [3.63, 3.8) is 0 Å². The van der Waals surface area contributed by atoms with Gasteiger partial charge in [-0.25, -0.2) is 0 Å². The predicted molar refractivity (Wildman–Crippen MR) is 80.3 cm³/mol. The molecule has 2 nitrogen and oxygen atoms in total. The monoisotopic (exact) mass is 320 g/mol. The molecule has 0 saturated carbocycles. The molecule has 19 heavy (non-hydrogen) atoms. The van der Waals surface area contributed by atoms with Crippen molar-refractivity contribution < 1.29 is 9.84 Å². The van der Waals surface area contributed by atoms with Crippen molar-refractivity contribution in [1.82, 2.24) is 0 Å². The van der Waals surface area contributed by atoms with Gasteiger partial charge in [-0.2, -0.15) is 0 Å². The number of aryl methyl sites for hydroxylation is 2. The van der Waals surface area contributed by atoms with E-state index in [1.807, 2.05) is 18.2 Å². The Morgan fingerprint density at radius 2 is 1.79 bits per heavy atom. The molecule has 1 N–H and O–H groups in total. The number of aliphatic hydroxyl groups is 1. The average Bonchev–Trinajstić information content (AvgIpc) is 2.36. The van der Waals surface area contributed by atoms with E-state index in [1.165, 1.54) is 11.1 Å². The van der Waals surface area contributed by atoms with Crippen LogP contribution in [0.3, 0.4) is 0 Å². The standard InChI is InChI=1S/C16H17BrO2/c1-11-6-12(2)8-13(7-11)10-19-16-14(9-18)4-3-5-15(16)17/h3-8,18H,9-10H2,1-2H3. The maximum Gasteiger partial charge on any atom is 0.139 e. The van der Waals surface area contributed by atoms with E-state index in [4.69, 9.17) is 4.74 Å². The highest BCUT2D eigenvalue weighted by Gasteiger charge is 2.07. The minimum atomic E-state index is -0.0262. The van der Waals surface area contributed by atoms with Crippen LogP contribution in [-0.2, 0) is 13.2 Å². The van der Waals surface area contributed by atoms with E-state index in [9.17, 15) is 5.11 Å². The van der Waals surface area contributed by atoms with Crippen LogP contribution in [0.1, 0.15) is 22.3 Å². The lowest BCUT2D eigenvalue weighted by atomic mass is 10.1. The fourth-order valence-corrected chi connectivity index (χ4v) is 2.67. The molecular formula is C16H17BrO2. The molecule has 0 saturated heterocycles. The van der Waals surface area contributed by atoms with Gasteiger partial charge in [0.15, 0.2) is 0 Å². The lowest BCUT2D eigenvalue weighted by Gasteiger charge is -2.13. The molecule has 0 bridgehead atoms. The van der Waals surface area contributed by atoms with Gasteiger partial charge in [-0.15, -0.1) is 0 Å². The number of para-hydroxylation sites is 1. The predicted octanol–water partition coefficient (Wildman–Crippen LogP) is 4.14. The Bertz CT molecular complexity index is 559. The van der Waals surface area contributed by atoms with Crippen molar-refractivity contribution in [1.29, 1.82) is 0 Å². The van der Waals surface area contributed by atoms with Gasteiger partial charge in [0.2, 0.25) is 0 Å². The third-order valence-corrected chi connectivity index (χ3v) is 3.51. The average molecular weight is 321 g/mol. The summed E-state index contributed by atoms with van der Waals surface area (Å²) in [5.41, 5.74) is 4.39. The van der Waals surface area contributed by atoms with Crippen LogP contribution < -0.4 is 4.74 Å². The van der Waals surface area contributed by atoms with Crippen LogP contribution in [0.25, 0.3) is 0 Å². The second kappa shape index (κ2) is 6.22. The molecule has 2 aromatic carbocycles. The molecule has 0 spiro atoms. The van der Waals surface area contributed by atoms with Gasteiger partial charge < -0.3 is 9.84 Å². The van der Waals surface area contributed by atoms with Gasteiger partial charge in [0.05, 0.1) is 11.1 Å². The first kappa shape index (κ1) is 14.1. The largest absolute Gasteiger partial charge is 0.487 e. The van der Waals surface area contributed by atoms with Crippen LogP contribution in [-0.4, -0.2) is 5.11 Å². The molecule has 0 aliphatic rings. The van der Waals surface area contributed by atoms with Gasteiger partial charge in [0.25, 0.3) is 0 Å². The number of benzene rings is 2. The number of halogens is 1. The highest BCUT2D eigenvalue weighted by molar-refractivity contribution is 9.10. The third-order valence-electron chi connectivity index (χ3n) is 2.88. The first-order chi connectivity index (χ1) is 9.10. The maximum absolute atomic E-state index is 9.33. The van der Waals surface area contributed by atoms with E-state index in [0.29, 0.717) is 12.4 Å².